The van der Waals surface area contributed by atoms with Gasteiger partial charge >= 0.3 is 0 Å². The molecular weight excluding hydrogens is 509 g/mol. The average molecular weight is 528 g/mol. The second-order valence-corrected chi connectivity index (χ2v) is 9.07. The highest BCUT2D eigenvalue weighted by molar-refractivity contribution is 8.18. The van der Waals surface area contributed by atoms with Gasteiger partial charge in [0, 0.05) is 10.7 Å². The molecule has 4 rings (SSSR count). The van der Waals surface area contributed by atoms with Crippen LogP contribution in [0.15, 0.2) is 76.6 Å². The minimum absolute atomic E-state index is 0.230. The van der Waals surface area contributed by atoms with Gasteiger partial charge in [-0.05, 0) is 71.9 Å². The van der Waals surface area contributed by atoms with E-state index in [0.717, 1.165) is 0 Å². The molecule has 0 aromatic heterocycles. The van der Waals surface area contributed by atoms with E-state index in [2.05, 4.69) is 15.6 Å². The molecule has 1 aliphatic rings. The molecule has 0 spiro atoms. The van der Waals surface area contributed by atoms with Crippen LogP contribution in [0.1, 0.15) is 5.56 Å². The number of hydrogen-bond acceptors (Lipinski definition) is 6. The molecule has 0 saturated carbocycles. The molecule has 0 aliphatic carbocycles. The smallest absolute Gasteiger partial charge is 0.264 e. The van der Waals surface area contributed by atoms with Crippen molar-refractivity contribution in [1.29, 1.82) is 0 Å². The first-order valence-corrected chi connectivity index (χ1v) is 11.9. The van der Waals surface area contributed by atoms with Gasteiger partial charge in [-0.15, -0.1) is 0 Å². The minimum Gasteiger partial charge on any atom is -0.493 e. The second-order valence-electron chi connectivity index (χ2n) is 7.20. The van der Waals surface area contributed by atoms with Crippen molar-refractivity contribution in [2.24, 2.45) is 4.99 Å². The first-order chi connectivity index (χ1) is 16.9. The Bertz CT molecular complexity index is 1310. The van der Waals surface area contributed by atoms with Gasteiger partial charge in [0.25, 0.3) is 11.8 Å². The number of methoxy groups -OCH3 is 1. The number of rotatable bonds is 7. The van der Waals surface area contributed by atoms with Crippen LogP contribution in [0.5, 0.6) is 11.5 Å². The van der Waals surface area contributed by atoms with E-state index in [0.29, 0.717) is 37.8 Å². The average Bonchev–Trinajstić information content (AvgIpc) is 3.18. The second kappa shape index (κ2) is 11.3. The number of amides is 2. The number of aliphatic imine (C=N–C) groups is 1. The molecule has 3 aromatic carbocycles. The van der Waals surface area contributed by atoms with E-state index >= 15 is 0 Å². The standard InChI is InChI=1S/C25H19Cl2N3O4S/c1-33-20-12-15(11-19(27)23(20)34-14-22(31)28-17-5-3-2-4-6-17)13-21-24(32)30-25(35-21)29-18-9-7-16(26)8-10-18/h2-13H,14H2,1H3,(H,28,31)(H,29,30,32)/b21-13-. The summed E-state index contributed by atoms with van der Waals surface area (Å²) in [4.78, 5) is 29.5. The lowest BCUT2D eigenvalue weighted by atomic mass is 10.2. The van der Waals surface area contributed by atoms with Gasteiger partial charge in [0.2, 0.25) is 0 Å². The van der Waals surface area contributed by atoms with E-state index in [9.17, 15) is 9.59 Å². The number of ether oxygens (including phenoxy) is 2. The molecule has 0 radical (unpaired) electrons. The third-order valence-electron chi connectivity index (χ3n) is 4.66. The Hall–Kier alpha value is -3.46. The molecule has 1 fully saturated rings. The van der Waals surface area contributed by atoms with Crippen LogP contribution in [0.25, 0.3) is 6.08 Å². The third kappa shape index (κ3) is 6.57. The molecule has 3 aromatic rings. The Balaban J connectivity index is 1.47. The molecule has 1 aliphatic heterocycles. The predicted molar refractivity (Wildman–Crippen MR) is 141 cm³/mol. The van der Waals surface area contributed by atoms with Crippen LogP contribution in [-0.2, 0) is 9.59 Å². The highest BCUT2D eigenvalue weighted by atomic mass is 35.5. The summed E-state index contributed by atoms with van der Waals surface area (Å²) < 4.78 is 11.0. The lowest BCUT2D eigenvalue weighted by Crippen LogP contribution is -2.20. The maximum Gasteiger partial charge on any atom is 0.264 e. The summed E-state index contributed by atoms with van der Waals surface area (Å²) in [5, 5.41) is 6.76. The van der Waals surface area contributed by atoms with E-state index in [4.69, 9.17) is 32.7 Å². The number of para-hydroxylation sites is 1. The molecule has 0 unspecified atom stereocenters. The molecule has 0 atom stereocenters. The number of halogens is 2. The van der Waals surface area contributed by atoms with Gasteiger partial charge in [-0.3, -0.25) is 9.59 Å². The molecule has 2 amide bonds. The van der Waals surface area contributed by atoms with Crippen molar-refractivity contribution in [2.45, 2.75) is 0 Å². The van der Waals surface area contributed by atoms with Crippen LogP contribution >= 0.6 is 35.0 Å². The fourth-order valence-corrected chi connectivity index (χ4v) is 4.33. The zero-order chi connectivity index (χ0) is 24.8. The van der Waals surface area contributed by atoms with Crippen LogP contribution in [0.2, 0.25) is 10.0 Å². The summed E-state index contributed by atoms with van der Waals surface area (Å²) in [6, 6.07) is 19.3. The Morgan fingerprint density at radius 1 is 1.11 bits per heavy atom. The van der Waals surface area contributed by atoms with Gasteiger partial charge < -0.3 is 20.1 Å². The fourth-order valence-electron chi connectivity index (χ4n) is 3.08. The lowest BCUT2D eigenvalue weighted by Gasteiger charge is -2.13. The van der Waals surface area contributed by atoms with Gasteiger partial charge in [-0.25, -0.2) is 4.99 Å². The Morgan fingerprint density at radius 3 is 2.57 bits per heavy atom. The zero-order valence-corrected chi connectivity index (χ0v) is 20.7. The predicted octanol–water partition coefficient (Wildman–Crippen LogP) is 5.91. The van der Waals surface area contributed by atoms with Crippen LogP contribution < -0.4 is 20.1 Å². The van der Waals surface area contributed by atoms with Crippen molar-refractivity contribution in [1.82, 2.24) is 5.32 Å². The topological polar surface area (TPSA) is 89.0 Å². The maximum atomic E-state index is 12.4. The SMILES string of the molecule is COc1cc(/C=C2\SC(=Nc3ccc(Cl)cc3)NC2=O)cc(Cl)c1OCC(=O)Nc1ccccc1. The summed E-state index contributed by atoms with van der Waals surface area (Å²) in [7, 11) is 1.47. The van der Waals surface area contributed by atoms with Gasteiger partial charge in [-0.1, -0.05) is 41.4 Å². The largest absolute Gasteiger partial charge is 0.493 e. The molecule has 178 valence electrons. The molecule has 0 bridgehead atoms. The zero-order valence-electron chi connectivity index (χ0n) is 18.4. The van der Waals surface area contributed by atoms with E-state index in [1.165, 1.54) is 18.9 Å². The summed E-state index contributed by atoms with van der Waals surface area (Å²) in [6.07, 6.45) is 1.67. The fraction of sp³-hybridized carbons (Fsp3) is 0.0800. The van der Waals surface area contributed by atoms with Crippen LogP contribution in [0, 0.1) is 0 Å². The summed E-state index contributed by atoms with van der Waals surface area (Å²) in [5.41, 5.74) is 1.95. The minimum atomic E-state index is -0.341. The molecule has 35 heavy (non-hydrogen) atoms. The number of anilines is 1. The number of benzene rings is 3. The molecule has 7 nitrogen and oxygen atoms in total. The molecular formula is C25H19Cl2N3O4S. The van der Waals surface area contributed by atoms with E-state index in [-0.39, 0.29) is 29.2 Å². The number of nitrogens with zero attached hydrogens (tertiary/aromatic N) is 1. The van der Waals surface area contributed by atoms with Crippen molar-refractivity contribution >= 4 is 69.4 Å². The van der Waals surface area contributed by atoms with E-state index < -0.39 is 0 Å². The van der Waals surface area contributed by atoms with Crippen LogP contribution in [0.4, 0.5) is 11.4 Å². The molecule has 2 N–H and O–H groups in total. The van der Waals surface area contributed by atoms with Crippen LogP contribution in [-0.4, -0.2) is 30.7 Å². The molecule has 1 heterocycles. The summed E-state index contributed by atoms with van der Waals surface area (Å²) in [5.74, 6) is -0.0638. The van der Waals surface area contributed by atoms with Crippen molar-refractivity contribution in [3.05, 3.63) is 87.2 Å². The third-order valence-corrected chi connectivity index (χ3v) is 6.11. The number of carbonyl (C=O) groups excluding carboxylic acids is 2. The highest BCUT2D eigenvalue weighted by Gasteiger charge is 2.24. The van der Waals surface area contributed by atoms with Gasteiger partial charge in [0.1, 0.15) is 0 Å². The van der Waals surface area contributed by atoms with Crippen molar-refractivity contribution in [3.63, 3.8) is 0 Å². The highest BCUT2D eigenvalue weighted by Crippen LogP contribution is 2.38. The normalized spacial score (nSPS) is 15.2. The number of hydrogen-bond donors (Lipinski definition) is 2. The van der Waals surface area contributed by atoms with Crippen molar-refractivity contribution < 1.29 is 19.1 Å². The number of thioether (sulfide) groups is 1. The van der Waals surface area contributed by atoms with Gasteiger partial charge in [0.15, 0.2) is 23.3 Å². The summed E-state index contributed by atoms with van der Waals surface area (Å²) >= 11 is 13.5. The Kier molecular flexibility index (Phi) is 7.97. The van der Waals surface area contributed by atoms with Crippen LogP contribution in [0.3, 0.4) is 0 Å². The number of nitrogens with one attached hydrogen (secondary N) is 2. The Labute approximate surface area is 216 Å². The maximum absolute atomic E-state index is 12.4. The number of carbonyl (C=O) groups is 2. The quantitative estimate of drug-likeness (QED) is 0.372. The Morgan fingerprint density at radius 2 is 1.86 bits per heavy atom. The van der Waals surface area contributed by atoms with Crippen molar-refractivity contribution in [3.8, 4) is 11.5 Å². The lowest BCUT2D eigenvalue weighted by molar-refractivity contribution is -0.118. The summed E-state index contributed by atoms with van der Waals surface area (Å²) in [6.45, 7) is -0.256. The van der Waals surface area contributed by atoms with E-state index in [1.54, 1.807) is 54.6 Å². The number of amidine groups is 1. The molecule has 1 saturated heterocycles. The van der Waals surface area contributed by atoms with Crippen molar-refractivity contribution in [2.75, 3.05) is 19.0 Å². The monoisotopic (exact) mass is 527 g/mol. The van der Waals surface area contributed by atoms with Gasteiger partial charge in [0.05, 0.1) is 22.7 Å². The van der Waals surface area contributed by atoms with Gasteiger partial charge in [-0.2, -0.15) is 0 Å². The molecule has 10 heteroatoms. The first kappa shape index (κ1) is 24.7. The van der Waals surface area contributed by atoms with E-state index in [1.807, 2.05) is 18.2 Å². The first-order valence-electron chi connectivity index (χ1n) is 10.3.